The standard InChI is InChI=1S/C15H9F5O2/c1-22-13-5-2-8(15(18,19)20)6-11(13)14(21)10-4-3-9(16)7-12(10)17/h2-7H,1H3. The average Bonchev–Trinajstić information content (AvgIpc) is 2.45. The minimum absolute atomic E-state index is 0.137. The molecule has 2 aromatic rings. The van der Waals surface area contributed by atoms with Gasteiger partial charge in [0.2, 0.25) is 0 Å². The number of hydrogen-bond donors (Lipinski definition) is 0. The SMILES string of the molecule is COc1ccc(C(F)(F)F)cc1C(=O)c1ccc(F)cc1F. The highest BCUT2D eigenvalue weighted by Crippen LogP contribution is 2.33. The van der Waals surface area contributed by atoms with Gasteiger partial charge < -0.3 is 4.74 Å². The van der Waals surface area contributed by atoms with Crippen molar-refractivity contribution in [2.75, 3.05) is 7.11 Å². The van der Waals surface area contributed by atoms with E-state index in [2.05, 4.69) is 0 Å². The van der Waals surface area contributed by atoms with E-state index in [1.807, 2.05) is 0 Å². The molecule has 0 aliphatic rings. The minimum atomic E-state index is -4.66. The molecular weight excluding hydrogens is 307 g/mol. The lowest BCUT2D eigenvalue weighted by Crippen LogP contribution is -2.11. The van der Waals surface area contributed by atoms with Crippen LogP contribution in [0.1, 0.15) is 21.5 Å². The van der Waals surface area contributed by atoms with Crippen LogP contribution in [0.2, 0.25) is 0 Å². The second-order valence-corrected chi connectivity index (χ2v) is 4.37. The molecule has 0 unspecified atom stereocenters. The Hall–Kier alpha value is -2.44. The molecule has 0 aliphatic heterocycles. The number of methoxy groups -OCH3 is 1. The van der Waals surface area contributed by atoms with Crippen LogP contribution in [0.15, 0.2) is 36.4 Å². The second kappa shape index (κ2) is 5.75. The molecule has 0 fully saturated rings. The van der Waals surface area contributed by atoms with Gasteiger partial charge in [0.1, 0.15) is 17.4 Å². The van der Waals surface area contributed by atoms with Crippen LogP contribution in [0.25, 0.3) is 0 Å². The van der Waals surface area contributed by atoms with Gasteiger partial charge in [0.05, 0.1) is 23.8 Å². The number of carbonyl (C=O) groups is 1. The molecule has 0 atom stereocenters. The van der Waals surface area contributed by atoms with Gasteiger partial charge in [-0.05, 0) is 30.3 Å². The number of carbonyl (C=O) groups excluding carboxylic acids is 1. The third-order valence-corrected chi connectivity index (χ3v) is 2.95. The van der Waals surface area contributed by atoms with Crippen molar-refractivity contribution in [3.8, 4) is 5.75 Å². The maximum absolute atomic E-state index is 13.6. The van der Waals surface area contributed by atoms with E-state index in [-0.39, 0.29) is 5.75 Å². The van der Waals surface area contributed by atoms with E-state index in [1.54, 1.807) is 0 Å². The predicted octanol–water partition coefficient (Wildman–Crippen LogP) is 4.22. The van der Waals surface area contributed by atoms with Crippen LogP contribution in [0.3, 0.4) is 0 Å². The van der Waals surface area contributed by atoms with Crippen LogP contribution in [0.4, 0.5) is 22.0 Å². The molecule has 0 heterocycles. The molecule has 0 N–H and O–H groups in total. The molecule has 0 bridgehead atoms. The molecule has 0 saturated heterocycles. The van der Waals surface area contributed by atoms with E-state index >= 15 is 0 Å². The summed E-state index contributed by atoms with van der Waals surface area (Å²) in [6.45, 7) is 0. The number of alkyl halides is 3. The Balaban J connectivity index is 2.56. The molecule has 0 spiro atoms. The monoisotopic (exact) mass is 316 g/mol. The summed E-state index contributed by atoms with van der Waals surface area (Å²) in [5.74, 6) is -3.23. The third kappa shape index (κ3) is 3.08. The van der Waals surface area contributed by atoms with Gasteiger partial charge in [-0.3, -0.25) is 4.79 Å². The fourth-order valence-electron chi connectivity index (χ4n) is 1.88. The summed E-state index contributed by atoms with van der Waals surface area (Å²) in [5, 5.41) is 0. The van der Waals surface area contributed by atoms with Gasteiger partial charge in [0.15, 0.2) is 5.78 Å². The molecule has 0 radical (unpaired) electrons. The van der Waals surface area contributed by atoms with Crippen molar-refractivity contribution in [3.05, 3.63) is 64.7 Å². The third-order valence-electron chi connectivity index (χ3n) is 2.95. The summed E-state index contributed by atoms with van der Waals surface area (Å²) >= 11 is 0. The van der Waals surface area contributed by atoms with Crippen LogP contribution < -0.4 is 4.74 Å². The number of rotatable bonds is 3. The van der Waals surface area contributed by atoms with Gasteiger partial charge in [0, 0.05) is 6.07 Å². The van der Waals surface area contributed by atoms with Crippen LogP contribution in [-0.2, 0) is 6.18 Å². The molecule has 2 aromatic carbocycles. The van der Waals surface area contributed by atoms with Gasteiger partial charge in [-0.1, -0.05) is 0 Å². The Kier molecular flexibility index (Phi) is 4.16. The topological polar surface area (TPSA) is 26.3 Å². The lowest BCUT2D eigenvalue weighted by Gasteiger charge is -2.12. The van der Waals surface area contributed by atoms with Gasteiger partial charge in [-0.2, -0.15) is 13.2 Å². The first-order valence-electron chi connectivity index (χ1n) is 5.99. The Morgan fingerprint density at radius 2 is 1.68 bits per heavy atom. The average molecular weight is 316 g/mol. The summed E-state index contributed by atoms with van der Waals surface area (Å²) in [6.07, 6.45) is -4.66. The van der Waals surface area contributed by atoms with E-state index < -0.39 is 40.3 Å². The number of hydrogen-bond acceptors (Lipinski definition) is 2. The molecule has 0 aromatic heterocycles. The van der Waals surface area contributed by atoms with E-state index in [0.717, 1.165) is 24.3 Å². The summed E-state index contributed by atoms with van der Waals surface area (Å²) in [6, 6.07) is 4.48. The van der Waals surface area contributed by atoms with Crippen LogP contribution in [-0.4, -0.2) is 12.9 Å². The van der Waals surface area contributed by atoms with E-state index in [4.69, 9.17) is 4.74 Å². The largest absolute Gasteiger partial charge is 0.496 e. The van der Waals surface area contributed by atoms with Crippen molar-refractivity contribution in [1.82, 2.24) is 0 Å². The van der Waals surface area contributed by atoms with Crippen molar-refractivity contribution in [1.29, 1.82) is 0 Å². The first kappa shape index (κ1) is 15.9. The predicted molar refractivity (Wildman–Crippen MR) is 67.8 cm³/mol. The molecule has 116 valence electrons. The summed E-state index contributed by atoms with van der Waals surface area (Å²) in [7, 11) is 1.17. The van der Waals surface area contributed by atoms with Gasteiger partial charge in [-0.15, -0.1) is 0 Å². The normalized spacial score (nSPS) is 11.4. The van der Waals surface area contributed by atoms with E-state index in [0.29, 0.717) is 12.1 Å². The molecule has 2 nitrogen and oxygen atoms in total. The fourth-order valence-corrected chi connectivity index (χ4v) is 1.88. The molecule has 7 heteroatoms. The van der Waals surface area contributed by atoms with Crippen molar-refractivity contribution in [3.63, 3.8) is 0 Å². The van der Waals surface area contributed by atoms with Crippen molar-refractivity contribution in [2.24, 2.45) is 0 Å². The van der Waals surface area contributed by atoms with Crippen molar-refractivity contribution in [2.45, 2.75) is 6.18 Å². The first-order chi connectivity index (χ1) is 10.2. The maximum Gasteiger partial charge on any atom is 0.416 e. The zero-order chi connectivity index (χ0) is 16.5. The van der Waals surface area contributed by atoms with Crippen molar-refractivity contribution < 1.29 is 31.5 Å². The zero-order valence-electron chi connectivity index (χ0n) is 11.2. The number of halogens is 5. The van der Waals surface area contributed by atoms with Gasteiger partial charge in [-0.25, -0.2) is 8.78 Å². The Labute approximate surface area is 122 Å². The highest BCUT2D eigenvalue weighted by Gasteiger charge is 2.32. The second-order valence-electron chi connectivity index (χ2n) is 4.37. The number of ether oxygens (including phenoxy) is 1. The fraction of sp³-hybridized carbons (Fsp3) is 0.133. The van der Waals surface area contributed by atoms with Crippen LogP contribution in [0, 0.1) is 11.6 Å². The zero-order valence-corrected chi connectivity index (χ0v) is 11.2. The summed E-state index contributed by atoms with van der Waals surface area (Å²) in [4.78, 5) is 12.2. The Bertz CT molecular complexity index is 722. The minimum Gasteiger partial charge on any atom is -0.496 e. The molecule has 22 heavy (non-hydrogen) atoms. The summed E-state index contributed by atoms with van der Waals surface area (Å²) in [5.41, 5.74) is -2.07. The van der Waals surface area contributed by atoms with Crippen LogP contribution >= 0.6 is 0 Å². The number of ketones is 1. The van der Waals surface area contributed by atoms with Gasteiger partial charge in [0.25, 0.3) is 0 Å². The van der Waals surface area contributed by atoms with E-state index in [1.165, 1.54) is 7.11 Å². The van der Waals surface area contributed by atoms with Crippen molar-refractivity contribution >= 4 is 5.78 Å². The maximum atomic E-state index is 13.6. The molecule has 2 rings (SSSR count). The lowest BCUT2D eigenvalue weighted by molar-refractivity contribution is -0.137. The Morgan fingerprint density at radius 3 is 2.23 bits per heavy atom. The van der Waals surface area contributed by atoms with Gasteiger partial charge >= 0.3 is 6.18 Å². The van der Waals surface area contributed by atoms with E-state index in [9.17, 15) is 26.7 Å². The lowest BCUT2D eigenvalue weighted by atomic mass is 9.99. The number of benzene rings is 2. The quantitative estimate of drug-likeness (QED) is 0.626. The smallest absolute Gasteiger partial charge is 0.416 e. The molecule has 0 saturated carbocycles. The molecular formula is C15H9F5O2. The Morgan fingerprint density at radius 1 is 1.00 bits per heavy atom. The molecule has 0 amide bonds. The van der Waals surface area contributed by atoms with Crippen LogP contribution in [0.5, 0.6) is 5.75 Å². The summed E-state index contributed by atoms with van der Waals surface area (Å²) < 4.78 is 69.5. The first-order valence-corrected chi connectivity index (χ1v) is 5.99. The highest BCUT2D eigenvalue weighted by atomic mass is 19.4. The highest BCUT2D eigenvalue weighted by molar-refractivity contribution is 6.11. The molecule has 0 aliphatic carbocycles.